The van der Waals surface area contributed by atoms with Crippen LogP contribution >= 0.6 is 7.82 Å². The number of allylic oxidation sites excluding steroid dienone is 4. The lowest BCUT2D eigenvalue weighted by Crippen LogP contribution is -2.29. The molecule has 7 atom stereocenters. The summed E-state index contributed by atoms with van der Waals surface area (Å²) in [6.07, 6.45) is 27.6. The average molecular weight is 845 g/mol. The third-order valence-electron chi connectivity index (χ3n) is 10.1. The smallest absolute Gasteiger partial charge is 0.462 e. The van der Waals surface area contributed by atoms with Crippen LogP contribution in [0.15, 0.2) is 36.5 Å². The molecule has 1 saturated carbocycles. The molecule has 0 radical (unpaired) electrons. The van der Waals surface area contributed by atoms with E-state index in [1.165, 1.54) is 44.9 Å². The molecule has 0 aromatic heterocycles. The van der Waals surface area contributed by atoms with E-state index < -0.39 is 76.5 Å². The number of hydrogen-bond donors (Lipinski definition) is 5. The van der Waals surface area contributed by atoms with Gasteiger partial charge in [-0.25, -0.2) is 4.57 Å². The number of carbonyl (C=O) groups excluding carboxylic acids is 3. The molecule has 0 bridgehead atoms. The highest BCUT2D eigenvalue weighted by Crippen LogP contribution is 2.43. The molecule has 1 rings (SSSR count). The molecule has 0 aromatic rings. The van der Waals surface area contributed by atoms with Crippen LogP contribution in [0.2, 0.25) is 0 Å². The van der Waals surface area contributed by atoms with E-state index in [4.69, 9.17) is 19.1 Å². The van der Waals surface area contributed by atoms with E-state index in [-0.39, 0.29) is 31.0 Å². The highest BCUT2D eigenvalue weighted by atomic mass is 31.2. The number of phosphoric acid groups is 1. The van der Waals surface area contributed by atoms with Crippen molar-refractivity contribution in [3.63, 3.8) is 0 Å². The topological polar surface area (TPSA) is 206 Å². The summed E-state index contributed by atoms with van der Waals surface area (Å²) in [6.45, 7) is 1.94. The number of aliphatic hydroxyl groups excluding tert-OH is 4. The van der Waals surface area contributed by atoms with Gasteiger partial charge in [0.2, 0.25) is 0 Å². The molecule has 5 N–H and O–H groups in total. The summed E-state index contributed by atoms with van der Waals surface area (Å²) < 4.78 is 32.7. The fourth-order valence-electron chi connectivity index (χ4n) is 6.62. The number of ether oxygens (including phenoxy) is 2. The summed E-state index contributed by atoms with van der Waals surface area (Å²) in [6, 6.07) is 0. The van der Waals surface area contributed by atoms with Crippen LogP contribution in [0.5, 0.6) is 0 Å². The Bertz CT molecular complexity index is 1220. The van der Waals surface area contributed by atoms with E-state index in [0.29, 0.717) is 32.1 Å². The number of ketones is 1. The van der Waals surface area contributed by atoms with E-state index in [1.54, 1.807) is 12.2 Å². The maximum absolute atomic E-state index is 12.7. The highest BCUT2D eigenvalue weighted by molar-refractivity contribution is 7.47. The van der Waals surface area contributed by atoms with Crippen molar-refractivity contribution >= 4 is 25.5 Å². The Morgan fingerprint density at radius 1 is 0.759 bits per heavy atom. The fourth-order valence-corrected chi connectivity index (χ4v) is 7.40. The maximum atomic E-state index is 12.7. The molecule has 58 heavy (non-hydrogen) atoms. The number of Topliss-reactive ketones (excluding diaryl/α,β-unsaturated/α-hetero) is 1. The monoisotopic (exact) mass is 845 g/mol. The van der Waals surface area contributed by atoms with Crippen molar-refractivity contribution in [1.82, 2.24) is 0 Å². The van der Waals surface area contributed by atoms with Crippen molar-refractivity contribution in [3.05, 3.63) is 36.5 Å². The first-order valence-corrected chi connectivity index (χ1v) is 23.5. The number of phosphoric ester groups is 1. The van der Waals surface area contributed by atoms with Gasteiger partial charge in [0.15, 0.2) is 6.10 Å². The largest absolute Gasteiger partial charge is 0.472 e. The molecule has 0 spiro atoms. The Morgan fingerprint density at radius 2 is 1.33 bits per heavy atom. The Hall–Kier alpha value is -2.22. The highest BCUT2D eigenvalue weighted by Gasteiger charge is 2.39. The van der Waals surface area contributed by atoms with Crippen LogP contribution in [0.1, 0.15) is 162 Å². The lowest BCUT2D eigenvalue weighted by Gasteiger charge is -2.20. The van der Waals surface area contributed by atoms with Gasteiger partial charge < -0.3 is 34.8 Å². The van der Waals surface area contributed by atoms with E-state index in [0.717, 1.165) is 51.4 Å². The van der Waals surface area contributed by atoms with Gasteiger partial charge in [-0.1, -0.05) is 121 Å². The van der Waals surface area contributed by atoms with Crippen molar-refractivity contribution in [2.24, 2.45) is 11.8 Å². The van der Waals surface area contributed by atoms with Gasteiger partial charge >= 0.3 is 19.8 Å². The van der Waals surface area contributed by atoms with E-state index in [9.17, 15) is 39.2 Å². The Labute approximate surface area is 348 Å². The average Bonchev–Trinajstić information content (AvgIpc) is 3.47. The number of aliphatic hydroxyl groups is 4. The molecular weight excluding hydrogens is 767 g/mol. The first-order chi connectivity index (χ1) is 27.9. The Kier molecular flexibility index (Phi) is 32.0. The molecule has 0 aromatic carbocycles. The SMILES string of the molecule is CCCCCC/C=C\CCCCCCCCCC(=O)OC[C@H](COP(=O)(O)OC[C@@H](O)CO)OC(=O)CCC/C=C\C[C@H]1C(=O)C[C@@H](O)[C@@H]1/C=C/[C@@H](O)CCCCC. The van der Waals surface area contributed by atoms with Crippen LogP contribution in [0.4, 0.5) is 0 Å². The molecule has 0 heterocycles. The predicted molar refractivity (Wildman–Crippen MR) is 225 cm³/mol. The molecule has 1 unspecified atom stereocenters. The molecule has 13 nitrogen and oxygen atoms in total. The van der Waals surface area contributed by atoms with E-state index in [2.05, 4.69) is 30.5 Å². The number of hydrogen-bond acceptors (Lipinski definition) is 12. The summed E-state index contributed by atoms with van der Waals surface area (Å²) in [5.74, 6) is -1.92. The van der Waals surface area contributed by atoms with E-state index in [1.807, 2.05) is 12.2 Å². The van der Waals surface area contributed by atoms with Gasteiger partial charge in [-0.15, -0.1) is 0 Å². The summed E-state index contributed by atoms with van der Waals surface area (Å²) in [5, 5.41) is 39.0. The van der Waals surface area contributed by atoms with Gasteiger partial charge in [0, 0.05) is 31.1 Å². The van der Waals surface area contributed by atoms with Gasteiger partial charge in [-0.2, -0.15) is 0 Å². The molecule has 0 aliphatic heterocycles. The van der Waals surface area contributed by atoms with Crippen molar-refractivity contribution in [2.75, 3.05) is 26.4 Å². The van der Waals surface area contributed by atoms with Crippen molar-refractivity contribution in [3.8, 4) is 0 Å². The fraction of sp³-hybridized carbons (Fsp3) is 0.795. The van der Waals surface area contributed by atoms with E-state index >= 15 is 0 Å². The van der Waals surface area contributed by atoms with Crippen LogP contribution in [0.25, 0.3) is 0 Å². The second-order valence-electron chi connectivity index (χ2n) is 15.5. The first kappa shape index (κ1) is 53.8. The van der Waals surface area contributed by atoms with Crippen LogP contribution in [0.3, 0.4) is 0 Å². The molecule has 336 valence electrons. The second-order valence-corrected chi connectivity index (χ2v) is 16.9. The minimum absolute atomic E-state index is 0.0110. The van der Waals surface area contributed by atoms with Crippen molar-refractivity contribution in [1.29, 1.82) is 0 Å². The van der Waals surface area contributed by atoms with Gasteiger partial charge in [0.05, 0.1) is 32.0 Å². The summed E-state index contributed by atoms with van der Waals surface area (Å²) >= 11 is 0. The molecule has 1 fully saturated rings. The third kappa shape index (κ3) is 28.3. The van der Waals surface area contributed by atoms with Crippen LogP contribution in [-0.4, -0.2) is 93.9 Å². The number of esters is 2. The molecule has 14 heteroatoms. The number of unbranched alkanes of at least 4 members (excludes halogenated alkanes) is 14. The Morgan fingerprint density at radius 3 is 2.00 bits per heavy atom. The zero-order valence-electron chi connectivity index (χ0n) is 35.5. The summed E-state index contributed by atoms with van der Waals surface area (Å²) in [5.41, 5.74) is 0. The van der Waals surface area contributed by atoms with Crippen molar-refractivity contribution < 1.29 is 62.8 Å². The molecule has 1 aliphatic carbocycles. The summed E-state index contributed by atoms with van der Waals surface area (Å²) in [7, 11) is -4.69. The maximum Gasteiger partial charge on any atom is 0.472 e. The van der Waals surface area contributed by atoms with Gasteiger partial charge in [0.1, 0.15) is 18.5 Å². The first-order valence-electron chi connectivity index (χ1n) is 22.0. The number of rotatable bonds is 37. The Balaban J connectivity index is 2.48. The van der Waals surface area contributed by atoms with Crippen LogP contribution in [0, 0.1) is 11.8 Å². The van der Waals surface area contributed by atoms with Gasteiger partial charge in [-0.3, -0.25) is 23.4 Å². The molecular formula is C44H77O13P. The minimum atomic E-state index is -4.69. The number of carbonyl (C=O) groups is 3. The van der Waals surface area contributed by atoms with Gasteiger partial charge in [0.25, 0.3) is 0 Å². The van der Waals surface area contributed by atoms with Gasteiger partial charge in [-0.05, 0) is 57.8 Å². The van der Waals surface area contributed by atoms with Crippen molar-refractivity contribution in [2.45, 2.75) is 186 Å². The third-order valence-corrected chi connectivity index (χ3v) is 11.1. The zero-order valence-corrected chi connectivity index (χ0v) is 36.4. The zero-order chi connectivity index (χ0) is 42.9. The lowest BCUT2D eigenvalue weighted by molar-refractivity contribution is -0.161. The normalized spacial score (nSPS) is 19.9. The standard InChI is InChI=1S/C44H77O13P/c1-3-5-7-8-9-10-11-12-13-14-15-16-17-18-23-27-43(50)54-34-38(35-56-58(52,53)55-33-37(47)32-45)57-44(51)28-24-20-19-22-26-39-40(42(49)31-41(39)48)30-29-36(46)25-21-6-4-2/h10-11,19,22,29-30,36-40,42,45-47,49H,3-9,12-18,20-21,23-28,31-35H2,1-2H3,(H,52,53)/b11-10-,22-19-,30-29+/t36-,37-,38+,39+,40+,42+/m0/s1. The lowest BCUT2D eigenvalue weighted by atomic mass is 9.90. The quantitative estimate of drug-likeness (QED) is 0.0174. The molecule has 0 amide bonds. The van der Waals surface area contributed by atoms with Crippen LogP contribution < -0.4 is 0 Å². The molecule has 1 aliphatic rings. The van der Waals surface area contributed by atoms with Crippen LogP contribution in [-0.2, 0) is 37.5 Å². The second kappa shape index (κ2) is 34.5. The molecule has 0 saturated heterocycles. The predicted octanol–water partition coefficient (Wildman–Crippen LogP) is 8.15. The summed E-state index contributed by atoms with van der Waals surface area (Å²) in [4.78, 5) is 47.7. The minimum Gasteiger partial charge on any atom is -0.462 e.